The normalized spacial score (nSPS) is 12.2. The van der Waals surface area contributed by atoms with Crippen LogP contribution < -0.4 is 10.7 Å². The van der Waals surface area contributed by atoms with Gasteiger partial charge >= 0.3 is 0 Å². The molecule has 2 heterocycles. The van der Waals surface area contributed by atoms with Crippen molar-refractivity contribution in [3.63, 3.8) is 0 Å². The van der Waals surface area contributed by atoms with Crippen LogP contribution in [0.25, 0.3) is 0 Å². The Kier molecular flexibility index (Phi) is 3.85. The SMILES string of the molecule is Cc1cc(C(C)NC(=O)c2c[nH]ccc2=O)c(C)s1. The van der Waals surface area contributed by atoms with Crippen LogP contribution in [0.3, 0.4) is 0 Å². The van der Waals surface area contributed by atoms with Crippen LogP contribution >= 0.6 is 11.3 Å². The lowest BCUT2D eigenvalue weighted by Crippen LogP contribution is -2.30. The zero-order chi connectivity index (χ0) is 14.0. The molecule has 0 saturated carbocycles. The molecule has 2 aromatic rings. The van der Waals surface area contributed by atoms with Crippen LogP contribution in [0.15, 0.2) is 29.3 Å². The molecule has 1 unspecified atom stereocenters. The summed E-state index contributed by atoms with van der Waals surface area (Å²) in [7, 11) is 0. The van der Waals surface area contributed by atoms with Gasteiger partial charge in [-0.2, -0.15) is 0 Å². The van der Waals surface area contributed by atoms with Gasteiger partial charge in [-0.1, -0.05) is 0 Å². The molecule has 1 atom stereocenters. The van der Waals surface area contributed by atoms with E-state index in [4.69, 9.17) is 0 Å². The lowest BCUT2D eigenvalue weighted by Gasteiger charge is -2.13. The Morgan fingerprint density at radius 2 is 2.16 bits per heavy atom. The Morgan fingerprint density at radius 1 is 1.42 bits per heavy atom. The zero-order valence-electron chi connectivity index (χ0n) is 11.1. The topological polar surface area (TPSA) is 62.0 Å². The molecule has 0 bridgehead atoms. The molecular formula is C14H16N2O2S. The van der Waals surface area contributed by atoms with Crippen molar-refractivity contribution in [2.75, 3.05) is 0 Å². The van der Waals surface area contributed by atoms with Gasteiger partial charge in [0.05, 0.1) is 6.04 Å². The number of amides is 1. The first kappa shape index (κ1) is 13.5. The highest BCUT2D eigenvalue weighted by Crippen LogP contribution is 2.26. The van der Waals surface area contributed by atoms with Crippen molar-refractivity contribution in [2.45, 2.75) is 26.8 Å². The van der Waals surface area contributed by atoms with Gasteiger partial charge in [0.2, 0.25) is 0 Å². The first-order chi connectivity index (χ1) is 8.99. The summed E-state index contributed by atoms with van der Waals surface area (Å²) in [6.45, 7) is 5.99. The Hall–Kier alpha value is -1.88. The number of rotatable bonds is 3. The molecule has 0 aliphatic heterocycles. The molecule has 19 heavy (non-hydrogen) atoms. The van der Waals surface area contributed by atoms with Gasteiger partial charge in [0.25, 0.3) is 5.91 Å². The van der Waals surface area contributed by atoms with Gasteiger partial charge in [-0.15, -0.1) is 11.3 Å². The first-order valence-corrected chi connectivity index (χ1v) is 6.85. The second-order valence-electron chi connectivity index (χ2n) is 4.49. The van der Waals surface area contributed by atoms with Crippen molar-refractivity contribution in [1.29, 1.82) is 0 Å². The maximum atomic E-state index is 12.0. The maximum Gasteiger partial charge on any atom is 0.257 e. The summed E-state index contributed by atoms with van der Waals surface area (Å²) in [4.78, 5) is 28.8. The second kappa shape index (κ2) is 5.40. The highest BCUT2D eigenvalue weighted by molar-refractivity contribution is 7.12. The summed E-state index contributed by atoms with van der Waals surface area (Å²) in [6, 6.07) is 3.30. The minimum Gasteiger partial charge on any atom is -0.367 e. The Morgan fingerprint density at radius 3 is 2.74 bits per heavy atom. The van der Waals surface area contributed by atoms with Crippen molar-refractivity contribution in [1.82, 2.24) is 10.3 Å². The number of aryl methyl sites for hydroxylation is 2. The third kappa shape index (κ3) is 2.93. The van der Waals surface area contributed by atoms with Gasteiger partial charge < -0.3 is 10.3 Å². The van der Waals surface area contributed by atoms with Crippen LogP contribution in [0, 0.1) is 13.8 Å². The number of thiophene rings is 1. The minimum absolute atomic E-state index is 0.114. The molecule has 2 N–H and O–H groups in total. The van der Waals surface area contributed by atoms with E-state index in [9.17, 15) is 9.59 Å². The monoisotopic (exact) mass is 276 g/mol. The van der Waals surface area contributed by atoms with E-state index in [0.29, 0.717) is 0 Å². The number of aromatic amines is 1. The molecule has 0 aromatic carbocycles. The van der Waals surface area contributed by atoms with Crippen LogP contribution in [-0.2, 0) is 0 Å². The van der Waals surface area contributed by atoms with E-state index < -0.39 is 0 Å². The molecule has 2 aromatic heterocycles. The van der Waals surface area contributed by atoms with Gasteiger partial charge in [-0.3, -0.25) is 9.59 Å². The largest absolute Gasteiger partial charge is 0.367 e. The zero-order valence-corrected chi connectivity index (χ0v) is 11.9. The number of carbonyl (C=O) groups is 1. The van der Waals surface area contributed by atoms with Crippen LogP contribution in [0.4, 0.5) is 0 Å². The lowest BCUT2D eigenvalue weighted by atomic mass is 10.1. The van der Waals surface area contributed by atoms with Gasteiger partial charge in [-0.25, -0.2) is 0 Å². The smallest absolute Gasteiger partial charge is 0.257 e. The first-order valence-electron chi connectivity index (χ1n) is 6.04. The average Bonchev–Trinajstić information content (AvgIpc) is 2.69. The summed E-state index contributed by atoms with van der Waals surface area (Å²) < 4.78 is 0. The predicted molar refractivity (Wildman–Crippen MR) is 76.7 cm³/mol. The Labute approximate surface area is 115 Å². The highest BCUT2D eigenvalue weighted by Gasteiger charge is 2.16. The molecule has 0 aliphatic carbocycles. The fourth-order valence-electron chi connectivity index (χ4n) is 2.03. The molecule has 2 rings (SSSR count). The molecule has 0 spiro atoms. The number of H-pyrrole nitrogens is 1. The maximum absolute atomic E-state index is 12.0. The van der Waals surface area contributed by atoms with Gasteiger partial charge in [0.15, 0.2) is 5.43 Å². The summed E-state index contributed by atoms with van der Waals surface area (Å²) in [5, 5.41) is 2.86. The number of hydrogen-bond acceptors (Lipinski definition) is 3. The van der Waals surface area contributed by atoms with Crippen LogP contribution in [0.2, 0.25) is 0 Å². The molecule has 0 aliphatic rings. The lowest BCUT2D eigenvalue weighted by molar-refractivity contribution is 0.0938. The van der Waals surface area contributed by atoms with Gasteiger partial charge in [0.1, 0.15) is 5.56 Å². The molecule has 100 valence electrons. The number of nitrogens with one attached hydrogen (secondary N) is 2. The fourth-order valence-corrected chi connectivity index (χ4v) is 3.05. The van der Waals surface area contributed by atoms with E-state index >= 15 is 0 Å². The summed E-state index contributed by atoms with van der Waals surface area (Å²) >= 11 is 1.70. The van der Waals surface area contributed by atoms with Crippen molar-refractivity contribution in [2.24, 2.45) is 0 Å². The number of carbonyl (C=O) groups excluding carboxylic acids is 1. The van der Waals surface area contributed by atoms with Crippen molar-refractivity contribution >= 4 is 17.2 Å². The van der Waals surface area contributed by atoms with Crippen LogP contribution in [-0.4, -0.2) is 10.9 Å². The minimum atomic E-state index is -0.349. The molecule has 0 fully saturated rings. The van der Waals surface area contributed by atoms with E-state index in [-0.39, 0.29) is 22.9 Å². The molecule has 0 saturated heterocycles. The van der Waals surface area contributed by atoms with Crippen molar-refractivity contribution < 1.29 is 4.79 Å². The van der Waals surface area contributed by atoms with E-state index in [1.165, 1.54) is 28.2 Å². The third-order valence-electron chi connectivity index (χ3n) is 2.96. The van der Waals surface area contributed by atoms with E-state index in [1.807, 2.05) is 20.8 Å². The Balaban J connectivity index is 2.18. The van der Waals surface area contributed by atoms with Gasteiger partial charge in [0, 0.05) is 28.2 Å². The number of hydrogen-bond donors (Lipinski definition) is 2. The van der Waals surface area contributed by atoms with Crippen molar-refractivity contribution in [3.05, 3.63) is 55.6 Å². The van der Waals surface area contributed by atoms with E-state index in [1.54, 1.807) is 11.3 Å². The van der Waals surface area contributed by atoms with Crippen LogP contribution in [0.1, 0.15) is 38.6 Å². The van der Waals surface area contributed by atoms with Crippen LogP contribution in [0.5, 0.6) is 0 Å². The predicted octanol–water partition coefficient (Wildman–Crippen LogP) is 2.54. The van der Waals surface area contributed by atoms with E-state index in [2.05, 4.69) is 16.4 Å². The molecular weight excluding hydrogens is 260 g/mol. The Bertz CT molecular complexity index is 657. The second-order valence-corrected chi connectivity index (χ2v) is 5.95. The highest BCUT2D eigenvalue weighted by atomic mass is 32.1. The number of aromatic nitrogens is 1. The summed E-state index contributed by atoms with van der Waals surface area (Å²) in [5.74, 6) is -0.349. The van der Waals surface area contributed by atoms with E-state index in [0.717, 1.165) is 5.56 Å². The number of pyridine rings is 1. The van der Waals surface area contributed by atoms with Gasteiger partial charge in [-0.05, 0) is 32.4 Å². The van der Waals surface area contributed by atoms with Crippen molar-refractivity contribution in [3.8, 4) is 0 Å². The molecule has 5 heteroatoms. The third-order valence-corrected chi connectivity index (χ3v) is 3.94. The molecule has 4 nitrogen and oxygen atoms in total. The average molecular weight is 276 g/mol. The molecule has 1 amide bonds. The fraction of sp³-hybridized carbons (Fsp3) is 0.286. The summed E-state index contributed by atoms with van der Waals surface area (Å²) in [5.41, 5.74) is 0.962. The molecule has 0 radical (unpaired) electrons. The quantitative estimate of drug-likeness (QED) is 0.905. The standard InChI is InChI=1S/C14H16N2O2S/c1-8-6-11(10(3)19-8)9(2)16-14(18)12-7-15-5-4-13(12)17/h4-7,9H,1-3H3,(H,15,17)(H,16,18). The summed E-state index contributed by atoms with van der Waals surface area (Å²) in [6.07, 6.45) is 2.94.